The first-order valence-corrected chi connectivity index (χ1v) is 17.2. The Bertz CT molecular complexity index is 1850. The van der Waals surface area contributed by atoms with E-state index in [2.05, 4.69) is 20.1 Å². The lowest BCUT2D eigenvalue weighted by atomic mass is 9.92. The van der Waals surface area contributed by atoms with Crippen molar-refractivity contribution < 1.29 is 28.1 Å². The molecule has 2 N–H and O–H groups in total. The zero-order chi connectivity index (χ0) is 33.1. The lowest BCUT2D eigenvalue weighted by Crippen LogP contribution is -2.51. The molecule has 4 saturated heterocycles. The lowest BCUT2D eigenvalue weighted by Gasteiger charge is -2.34. The maximum absolute atomic E-state index is 17.0. The third-order valence-corrected chi connectivity index (χ3v) is 11.1. The Balaban J connectivity index is 1.19. The van der Waals surface area contributed by atoms with Crippen LogP contribution in [-0.4, -0.2) is 96.8 Å². The number of hydrogen-bond donors (Lipinski definition) is 2. The number of hydrogen-bond acceptors (Lipinski definition) is 9. The first-order valence-electron chi connectivity index (χ1n) is 17.2. The van der Waals surface area contributed by atoms with Gasteiger partial charge in [-0.2, -0.15) is 9.97 Å². The van der Waals surface area contributed by atoms with Gasteiger partial charge in [0, 0.05) is 63.4 Å². The number of phenolic OH excluding ortho intramolecular Hbond substituents is 1. The van der Waals surface area contributed by atoms with Crippen LogP contribution in [0.15, 0.2) is 36.4 Å². The molecule has 1 aromatic heterocycles. The molecule has 11 heteroatoms. The topological polar surface area (TPSA) is 92.2 Å². The Morgan fingerprint density at radius 2 is 1.85 bits per heavy atom. The van der Waals surface area contributed by atoms with Crippen molar-refractivity contribution in [3.63, 3.8) is 0 Å². The molecular formula is C37H43F2N5O4. The summed E-state index contributed by atoms with van der Waals surface area (Å²) in [5.41, 5.74) is 0.972. The van der Waals surface area contributed by atoms with E-state index >= 15 is 8.78 Å². The van der Waals surface area contributed by atoms with Crippen LogP contribution >= 0.6 is 0 Å². The van der Waals surface area contributed by atoms with Crippen LogP contribution in [0, 0.1) is 11.6 Å². The van der Waals surface area contributed by atoms with Crippen LogP contribution in [0.5, 0.6) is 11.8 Å². The minimum absolute atomic E-state index is 0.0164. The Labute approximate surface area is 279 Å². The fourth-order valence-electron chi connectivity index (χ4n) is 8.84. The highest BCUT2D eigenvalue weighted by Gasteiger charge is 2.47. The van der Waals surface area contributed by atoms with E-state index < -0.39 is 11.6 Å². The number of ether oxygens (including phenoxy) is 3. The largest absolute Gasteiger partial charge is 0.508 e. The Hall–Kier alpha value is -3.64. The van der Waals surface area contributed by atoms with Crippen LogP contribution in [0.4, 0.5) is 14.6 Å². The molecule has 0 radical (unpaired) electrons. The van der Waals surface area contributed by atoms with Crippen LogP contribution in [0.25, 0.3) is 32.8 Å². The molecule has 4 bridgehead atoms. The number of methoxy groups -OCH3 is 2. The fourth-order valence-corrected chi connectivity index (χ4v) is 8.84. The SMILES string of the molecule is CCc1cccc2cc(O)cc(-c3c(F)cc4c(N5CC6CCC(C5)N6)nc(OC[C@@H](CN5C6CCC5C(OC)C6)OC)nc4c3F)c12. The Morgan fingerprint density at radius 3 is 2.58 bits per heavy atom. The number of phenols is 1. The molecule has 4 aromatic rings. The van der Waals surface area contributed by atoms with Crippen LogP contribution in [0.2, 0.25) is 0 Å². The Kier molecular flexibility index (Phi) is 8.35. The molecule has 5 heterocycles. The second kappa shape index (κ2) is 12.7. The number of benzene rings is 3. The number of nitrogens with zero attached hydrogens (tertiary/aromatic N) is 4. The van der Waals surface area contributed by atoms with Gasteiger partial charge >= 0.3 is 6.01 Å². The van der Waals surface area contributed by atoms with Gasteiger partial charge in [-0.25, -0.2) is 8.78 Å². The third kappa shape index (κ3) is 5.45. The molecule has 8 rings (SSSR count). The van der Waals surface area contributed by atoms with Gasteiger partial charge in [0.2, 0.25) is 0 Å². The minimum atomic E-state index is -0.808. The monoisotopic (exact) mass is 659 g/mol. The van der Waals surface area contributed by atoms with Crippen molar-refractivity contribution in [1.29, 1.82) is 0 Å². The molecule has 0 aliphatic carbocycles. The predicted octanol–water partition coefficient (Wildman–Crippen LogP) is 5.58. The van der Waals surface area contributed by atoms with Crippen molar-refractivity contribution in [2.75, 3.05) is 45.4 Å². The number of aryl methyl sites for hydroxylation is 1. The molecule has 4 aliphatic rings. The molecule has 0 amide bonds. The van der Waals surface area contributed by atoms with Gasteiger partial charge in [-0.1, -0.05) is 25.1 Å². The van der Waals surface area contributed by atoms with Crippen molar-refractivity contribution in [3.8, 4) is 22.9 Å². The van der Waals surface area contributed by atoms with E-state index in [0.717, 1.165) is 37.7 Å². The molecule has 3 aromatic carbocycles. The summed E-state index contributed by atoms with van der Waals surface area (Å²) in [4.78, 5) is 14.0. The quantitative estimate of drug-likeness (QED) is 0.226. The molecule has 4 fully saturated rings. The summed E-state index contributed by atoms with van der Waals surface area (Å²) in [5.74, 6) is -1.15. The second-order valence-electron chi connectivity index (χ2n) is 13.9. The van der Waals surface area contributed by atoms with Crippen molar-refractivity contribution in [2.45, 2.75) is 81.8 Å². The maximum atomic E-state index is 17.0. The average molecular weight is 660 g/mol. The molecule has 254 valence electrons. The zero-order valence-corrected chi connectivity index (χ0v) is 27.7. The van der Waals surface area contributed by atoms with Gasteiger partial charge in [0.15, 0.2) is 5.82 Å². The van der Waals surface area contributed by atoms with Crippen molar-refractivity contribution in [2.24, 2.45) is 0 Å². The molecule has 6 atom stereocenters. The third-order valence-electron chi connectivity index (χ3n) is 11.1. The highest BCUT2D eigenvalue weighted by Crippen LogP contribution is 2.42. The standard InChI is InChI=1S/C37H43F2N5O4/c1-4-20-6-5-7-21-12-25(45)14-27(32(20)21)33-29(38)15-28-35(34(33)39)41-37(42-36(28)43-16-22-8-9-23(17-43)40-22)48-19-26(46-2)18-44-24-10-11-30(44)31(13-24)47-3/h5-7,12,14-15,22-24,26,30-31,40,45H,4,8-11,13,16-19H2,1-3H3/t22?,23?,24?,26-,30?,31?/m1/s1. The van der Waals surface area contributed by atoms with E-state index in [9.17, 15) is 5.11 Å². The van der Waals surface area contributed by atoms with Gasteiger partial charge in [-0.15, -0.1) is 0 Å². The number of nitrogens with one attached hydrogen (secondary N) is 1. The number of anilines is 1. The summed E-state index contributed by atoms with van der Waals surface area (Å²) < 4.78 is 51.1. The number of aromatic nitrogens is 2. The van der Waals surface area contributed by atoms with Gasteiger partial charge in [0.25, 0.3) is 0 Å². The number of halogens is 2. The summed E-state index contributed by atoms with van der Waals surface area (Å²) in [7, 11) is 3.45. The van der Waals surface area contributed by atoms with Gasteiger partial charge in [-0.05, 0) is 78.6 Å². The van der Waals surface area contributed by atoms with Gasteiger partial charge in [0.05, 0.1) is 11.7 Å². The summed E-state index contributed by atoms with van der Waals surface area (Å²) in [5, 5.41) is 16.0. The number of rotatable bonds is 10. The lowest BCUT2D eigenvalue weighted by molar-refractivity contribution is 0.0127. The summed E-state index contributed by atoms with van der Waals surface area (Å²) in [6, 6.07) is 11.5. The zero-order valence-electron chi connectivity index (χ0n) is 27.7. The highest BCUT2D eigenvalue weighted by molar-refractivity contribution is 6.03. The van der Waals surface area contributed by atoms with E-state index in [-0.39, 0.29) is 59.3 Å². The van der Waals surface area contributed by atoms with E-state index in [1.165, 1.54) is 12.1 Å². The second-order valence-corrected chi connectivity index (χ2v) is 13.9. The van der Waals surface area contributed by atoms with Gasteiger partial charge < -0.3 is 29.5 Å². The van der Waals surface area contributed by atoms with Crippen molar-refractivity contribution >= 4 is 27.5 Å². The number of aromatic hydroxyl groups is 1. The first-order chi connectivity index (χ1) is 23.3. The van der Waals surface area contributed by atoms with Gasteiger partial charge in [0.1, 0.15) is 35.6 Å². The van der Waals surface area contributed by atoms with Crippen LogP contribution in [0.3, 0.4) is 0 Å². The molecule has 0 saturated carbocycles. The van der Waals surface area contributed by atoms with Gasteiger partial charge in [-0.3, -0.25) is 4.90 Å². The number of piperazine rings is 1. The smallest absolute Gasteiger partial charge is 0.319 e. The number of fused-ring (bicyclic) bond motifs is 6. The first kappa shape index (κ1) is 31.6. The van der Waals surface area contributed by atoms with E-state index in [0.29, 0.717) is 60.1 Å². The molecular weight excluding hydrogens is 616 g/mol. The normalized spacial score (nSPS) is 25.9. The van der Waals surface area contributed by atoms with E-state index in [1.807, 2.05) is 25.1 Å². The summed E-state index contributed by atoms with van der Waals surface area (Å²) in [6.07, 6.45) is 6.00. The maximum Gasteiger partial charge on any atom is 0.319 e. The van der Waals surface area contributed by atoms with Crippen molar-refractivity contribution in [1.82, 2.24) is 20.2 Å². The molecule has 5 unspecified atom stereocenters. The van der Waals surface area contributed by atoms with E-state index in [4.69, 9.17) is 19.2 Å². The average Bonchev–Trinajstić information content (AvgIpc) is 3.76. The minimum Gasteiger partial charge on any atom is -0.508 e. The predicted molar refractivity (Wildman–Crippen MR) is 181 cm³/mol. The van der Waals surface area contributed by atoms with Crippen molar-refractivity contribution in [3.05, 3.63) is 53.6 Å². The summed E-state index contributed by atoms with van der Waals surface area (Å²) >= 11 is 0. The van der Waals surface area contributed by atoms with Crippen LogP contribution < -0.4 is 15.0 Å². The fraction of sp³-hybridized carbons (Fsp3) is 0.514. The molecule has 0 spiro atoms. The molecule has 4 aliphatic heterocycles. The molecule has 9 nitrogen and oxygen atoms in total. The highest BCUT2D eigenvalue weighted by atomic mass is 19.1. The molecule has 48 heavy (non-hydrogen) atoms. The Morgan fingerprint density at radius 1 is 1.04 bits per heavy atom. The van der Waals surface area contributed by atoms with Crippen LogP contribution in [0.1, 0.15) is 44.6 Å². The summed E-state index contributed by atoms with van der Waals surface area (Å²) in [6.45, 7) is 4.20. The van der Waals surface area contributed by atoms with E-state index in [1.54, 1.807) is 20.3 Å². The van der Waals surface area contributed by atoms with Crippen LogP contribution in [-0.2, 0) is 15.9 Å².